The molecule has 1 aromatic heterocycles. The number of benzene rings is 3. The lowest BCUT2D eigenvalue weighted by Crippen LogP contribution is -2.47. The van der Waals surface area contributed by atoms with E-state index in [0.29, 0.717) is 10.9 Å². The Morgan fingerprint density at radius 3 is 2.13 bits per heavy atom. The SMILES string of the molecule is CCc1cc(CC)cc(N2CCN(C(C)c3ccc(Nc4ccnc5cc(C(F)(F)F)ccc45)cc3)CC2)c1. The van der Waals surface area contributed by atoms with E-state index in [1.807, 2.05) is 12.1 Å². The summed E-state index contributed by atoms with van der Waals surface area (Å²) in [5.41, 5.74) is 6.61. The van der Waals surface area contributed by atoms with Crippen LogP contribution >= 0.6 is 0 Å². The molecule has 4 aromatic rings. The van der Waals surface area contributed by atoms with Gasteiger partial charge in [0.05, 0.1) is 11.1 Å². The largest absolute Gasteiger partial charge is 0.416 e. The third-order valence-corrected chi connectivity index (χ3v) is 7.82. The molecule has 39 heavy (non-hydrogen) atoms. The van der Waals surface area contributed by atoms with E-state index in [9.17, 15) is 13.2 Å². The maximum absolute atomic E-state index is 13.1. The number of fused-ring (bicyclic) bond motifs is 1. The first-order valence-electron chi connectivity index (χ1n) is 13.7. The molecule has 0 bridgehead atoms. The predicted molar refractivity (Wildman–Crippen MR) is 154 cm³/mol. The Balaban J connectivity index is 1.23. The lowest BCUT2D eigenvalue weighted by molar-refractivity contribution is -0.137. The summed E-state index contributed by atoms with van der Waals surface area (Å²) in [7, 11) is 0. The second kappa shape index (κ2) is 11.3. The van der Waals surface area contributed by atoms with Gasteiger partial charge in [-0.2, -0.15) is 13.2 Å². The topological polar surface area (TPSA) is 31.4 Å². The highest BCUT2D eigenvalue weighted by atomic mass is 19.4. The number of hydrogen-bond acceptors (Lipinski definition) is 4. The number of piperazine rings is 1. The number of nitrogens with one attached hydrogen (secondary N) is 1. The van der Waals surface area contributed by atoms with Crippen LogP contribution in [0.5, 0.6) is 0 Å². The molecule has 1 fully saturated rings. The molecule has 4 nitrogen and oxygen atoms in total. The van der Waals surface area contributed by atoms with Gasteiger partial charge >= 0.3 is 6.18 Å². The van der Waals surface area contributed by atoms with Gasteiger partial charge in [0.1, 0.15) is 0 Å². The highest BCUT2D eigenvalue weighted by Crippen LogP contribution is 2.34. The summed E-state index contributed by atoms with van der Waals surface area (Å²) in [5.74, 6) is 0. The molecule has 1 atom stereocenters. The number of aromatic nitrogens is 1. The molecule has 204 valence electrons. The summed E-state index contributed by atoms with van der Waals surface area (Å²) in [6.07, 6.45) is -0.752. The molecule has 1 N–H and O–H groups in total. The van der Waals surface area contributed by atoms with Gasteiger partial charge in [-0.25, -0.2) is 0 Å². The molecule has 2 heterocycles. The minimum absolute atomic E-state index is 0.289. The van der Waals surface area contributed by atoms with E-state index in [1.54, 1.807) is 6.07 Å². The standard InChI is InChI=1S/C32H35F3N4/c1-4-23-18-24(5-2)20-28(19-23)39-16-14-38(15-17-39)22(3)25-6-9-27(10-7-25)37-30-12-13-36-31-21-26(32(33,34)35)8-11-29(30)31/h6-13,18-22H,4-5,14-17H2,1-3H3,(H,36,37). The van der Waals surface area contributed by atoms with Crippen molar-refractivity contribution in [3.8, 4) is 0 Å². The third-order valence-electron chi connectivity index (χ3n) is 7.82. The van der Waals surface area contributed by atoms with Crippen molar-refractivity contribution in [3.05, 3.63) is 95.2 Å². The van der Waals surface area contributed by atoms with E-state index >= 15 is 0 Å². The van der Waals surface area contributed by atoms with Crippen molar-refractivity contribution in [2.75, 3.05) is 36.4 Å². The number of nitrogens with zero attached hydrogens (tertiary/aromatic N) is 3. The first kappa shape index (κ1) is 27.0. The fourth-order valence-corrected chi connectivity index (χ4v) is 5.35. The number of anilines is 3. The zero-order valence-electron chi connectivity index (χ0n) is 22.7. The van der Waals surface area contributed by atoms with Gasteiger partial charge in [-0.05, 0) is 78.9 Å². The monoisotopic (exact) mass is 532 g/mol. The Kier molecular flexibility index (Phi) is 7.80. The smallest absolute Gasteiger partial charge is 0.369 e. The van der Waals surface area contributed by atoms with Gasteiger partial charge in [-0.3, -0.25) is 9.88 Å². The van der Waals surface area contributed by atoms with E-state index in [2.05, 4.69) is 71.2 Å². The molecule has 0 saturated carbocycles. The summed E-state index contributed by atoms with van der Waals surface area (Å²) in [6, 6.07) is 21.1. The molecule has 1 aliphatic heterocycles. The Morgan fingerprint density at radius 1 is 0.846 bits per heavy atom. The lowest BCUT2D eigenvalue weighted by Gasteiger charge is -2.39. The van der Waals surface area contributed by atoms with Crippen LogP contribution < -0.4 is 10.2 Å². The van der Waals surface area contributed by atoms with Gasteiger partial charge in [0.25, 0.3) is 0 Å². The Labute approximate surface area is 228 Å². The quantitative estimate of drug-likeness (QED) is 0.261. The first-order chi connectivity index (χ1) is 18.7. The fraction of sp³-hybridized carbons (Fsp3) is 0.344. The second-order valence-electron chi connectivity index (χ2n) is 10.2. The Morgan fingerprint density at radius 2 is 1.51 bits per heavy atom. The Bertz CT molecular complexity index is 1400. The second-order valence-corrected chi connectivity index (χ2v) is 10.2. The van der Waals surface area contributed by atoms with Crippen LogP contribution in [0, 0.1) is 0 Å². The predicted octanol–water partition coefficient (Wildman–Crippen LogP) is 8.01. The van der Waals surface area contributed by atoms with Crippen LogP contribution in [-0.4, -0.2) is 36.1 Å². The molecule has 3 aromatic carbocycles. The minimum atomic E-state index is -4.39. The maximum atomic E-state index is 13.1. The van der Waals surface area contributed by atoms with Gasteiger partial charge in [0, 0.05) is 60.9 Å². The van der Waals surface area contributed by atoms with Crippen LogP contribution in [0.1, 0.15) is 49.1 Å². The van der Waals surface area contributed by atoms with Crippen molar-refractivity contribution in [2.24, 2.45) is 0 Å². The molecule has 5 rings (SSSR count). The zero-order chi connectivity index (χ0) is 27.6. The Hall–Kier alpha value is -3.58. The molecule has 1 unspecified atom stereocenters. The van der Waals surface area contributed by atoms with Crippen LogP contribution in [0.3, 0.4) is 0 Å². The molecule has 7 heteroatoms. The number of halogens is 3. The molecule has 0 spiro atoms. The first-order valence-corrected chi connectivity index (χ1v) is 13.7. The summed E-state index contributed by atoms with van der Waals surface area (Å²) >= 11 is 0. The van der Waals surface area contributed by atoms with Crippen molar-refractivity contribution in [1.82, 2.24) is 9.88 Å². The number of aryl methyl sites for hydroxylation is 2. The highest BCUT2D eigenvalue weighted by Gasteiger charge is 2.30. The molecule has 0 radical (unpaired) electrons. The summed E-state index contributed by atoms with van der Waals surface area (Å²) in [5, 5.41) is 4.00. The van der Waals surface area contributed by atoms with Gasteiger partial charge in [0.15, 0.2) is 0 Å². The lowest BCUT2D eigenvalue weighted by atomic mass is 10.0. The number of hydrogen-bond donors (Lipinski definition) is 1. The van der Waals surface area contributed by atoms with Crippen LogP contribution in [0.25, 0.3) is 10.9 Å². The van der Waals surface area contributed by atoms with Gasteiger partial charge in [0.2, 0.25) is 0 Å². The van der Waals surface area contributed by atoms with Crippen molar-refractivity contribution in [2.45, 2.75) is 45.8 Å². The van der Waals surface area contributed by atoms with Crippen LogP contribution in [0.2, 0.25) is 0 Å². The zero-order valence-corrected chi connectivity index (χ0v) is 22.7. The molecule has 0 amide bonds. The number of rotatable bonds is 7. The number of pyridine rings is 1. The van der Waals surface area contributed by atoms with E-state index < -0.39 is 11.7 Å². The van der Waals surface area contributed by atoms with Crippen molar-refractivity contribution >= 4 is 28.0 Å². The molecule has 1 saturated heterocycles. The van der Waals surface area contributed by atoms with Crippen molar-refractivity contribution in [1.29, 1.82) is 0 Å². The van der Waals surface area contributed by atoms with Crippen LogP contribution in [0.4, 0.5) is 30.2 Å². The third kappa shape index (κ3) is 6.04. The average molecular weight is 533 g/mol. The summed E-state index contributed by atoms with van der Waals surface area (Å²) in [6.45, 7) is 10.7. The van der Waals surface area contributed by atoms with Crippen molar-refractivity contribution in [3.63, 3.8) is 0 Å². The summed E-state index contributed by atoms with van der Waals surface area (Å²) < 4.78 is 39.3. The average Bonchev–Trinajstić information content (AvgIpc) is 2.96. The molecular formula is C32H35F3N4. The van der Waals surface area contributed by atoms with E-state index in [-0.39, 0.29) is 6.04 Å². The molecule has 1 aliphatic rings. The van der Waals surface area contributed by atoms with E-state index in [1.165, 1.54) is 34.6 Å². The van der Waals surface area contributed by atoms with E-state index in [0.717, 1.165) is 62.5 Å². The van der Waals surface area contributed by atoms with Crippen molar-refractivity contribution < 1.29 is 13.2 Å². The molecule has 0 aliphatic carbocycles. The highest BCUT2D eigenvalue weighted by molar-refractivity contribution is 5.93. The fourth-order valence-electron chi connectivity index (χ4n) is 5.35. The number of alkyl halides is 3. The van der Waals surface area contributed by atoms with Crippen LogP contribution in [-0.2, 0) is 19.0 Å². The van der Waals surface area contributed by atoms with Gasteiger partial charge in [-0.15, -0.1) is 0 Å². The van der Waals surface area contributed by atoms with Crippen LogP contribution in [0.15, 0.2) is 72.9 Å². The maximum Gasteiger partial charge on any atom is 0.416 e. The summed E-state index contributed by atoms with van der Waals surface area (Å²) in [4.78, 5) is 9.17. The van der Waals surface area contributed by atoms with Gasteiger partial charge in [-0.1, -0.05) is 38.1 Å². The molecular weight excluding hydrogens is 497 g/mol. The van der Waals surface area contributed by atoms with Gasteiger partial charge < -0.3 is 10.2 Å². The van der Waals surface area contributed by atoms with E-state index in [4.69, 9.17) is 0 Å². The minimum Gasteiger partial charge on any atom is -0.369 e. The normalized spacial score (nSPS) is 15.5.